The first-order chi connectivity index (χ1) is 12.3. The molecule has 1 aliphatic heterocycles. The number of carbonyl (C=O) groups is 1. The molecular weight excluding hydrogens is 424 g/mol. The molecular formula is C17H15BrN2O5S. The molecule has 7 nitrogen and oxygen atoms in total. The molecule has 2 aromatic rings. The first-order valence-corrected chi connectivity index (χ1v) is 9.72. The number of phenols is 1. The van der Waals surface area contributed by atoms with Crippen LogP contribution in [0.3, 0.4) is 0 Å². The predicted molar refractivity (Wildman–Crippen MR) is 102 cm³/mol. The number of anilines is 1. The number of phenolic OH excluding ortho intramolecular Hbond substituents is 1. The first-order valence-electron chi connectivity index (χ1n) is 7.44. The zero-order valence-corrected chi connectivity index (χ0v) is 16.2. The lowest BCUT2D eigenvalue weighted by Crippen LogP contribution is -2.18. The first kappa shape index (κ1) is 18.4. The number of sulfonamides is 1. The molecule has 0 saturated heterocycles. The van der Waals surface area contributed by atoms with Gasteiger partial charge in [-0.3, -0.25) is 4.79 Å². The molecule has 2 aromatic carbocycles. The van der Waals surface area contributed by atoms with Crippen LogP contribution in [0.25, 0.3) is 11.6 Å². The van der Waals surface area contributed by atoms with Gasteiger partial charge in [-0.2, -0.15) is 0 Å². The molecule has 0 spiro atoms. The zero-order valence-electron chi connectivity index (χ0n) is 13.8. The number of carbonyl (C=O) groups excluding carboxylic acids is 1. The van der Waals surface area contributed by atoms with E-state index >= 15 is 0 Å². The van der Waals surface area contributed by atoms with Crippen molar-refractivity contribution < 1.29 is 23.1 Å². The maximum absolute atomic E-state index is 12.3. The lowest BCUT2D eigenvalue weighted by molar-refractivity contribution is -0.110. The van der Waals surface area contributed by atoms with Crippen molar-refractivity contribution in [1.82, 2.24) is 4.72 Å². The van der Waals surface area contributed by atoms with Gasteiger partial charge in [-0.15, -0.1) is 0 Å². The number of amides is 1. The number of hydrogen-bond acceptors (Lipinski definition) is 5. The van der Waals surface area contributed by atoms with Crippen molar-refractivity contribution in [2.75, 3.05) is 19.5 Å². The minimum absolute atomic E-state index is 0.0391. The molecule has 9 heteroatoms. The number of rotatable bonds is 4. The summed E-state index contributed by atoms with van der Waals surface area (Å²) in [7, 11) is -0.917. The van der Waals surface area contributed by atoms with Gasteiger partial charge in [-0.1, -0.05) is 15.9 Å². The molecule has 0 aliphatic carbocycles. The number of hydrogen-bond donors (Lipinski definition) is 3. The normalized spacial score (nSPS) is 15.0. The average molecular weight is 439 g/mol. The van der Waals surface area contributed by atoms with Gasteiger partial charge in [0.25, 0.3) is 5.91 Å². The molecule has 0 radical (unpaired) electrons. The molecule has 3 N–H and O–H groups in total. The van der Waals surface area contributed by atoms with Crippen molar-refractivity contribution in [3.05, 3.63) is 45.9 Å². The van der Waals surface area contributed by atoms with Crippen LogP contribution >= 0.6 is 15.9 Å². The van der Waals surface area contributed by atoms with Crippen molar-refractivity contribution in [2.24, 2.45) is 0 Å². The maximum Gasteiger partial charge on any atom is 0.256 e. The highest BCUT2D eigenvalue weighted by molar-refractivity contribution is 9.10. The van der Waals surface area contributed by atoms with Gasteiger partial charge in [-0.25, -0.2) is 13.1 Å². The number of aromatic hydroxyl groups is 1. The van der Waals surface area contributed by atoms with E-state index < -0.39 is 15.9 Å². The van der Waals surface area contributed by atoms with Crippen molar-refractivity contribution in [1.29, 1.82) is 0 Å². The van der Waals surface area contributed by atoms with Crippen molar-refractivity contribution in [3.8, 4) is 11.5 Å². The largest absolute Gasteiger partial charge is 0.504 e. The zero-order chi connectivity index (χ0) is 19.1. The fourth-order valence-corrected chi connectivity index (χ4v) is 3.82. The van der Waals surface area contributed by atoms with Gasteiger partial charge in [-0.05, 0) is 43.5 Å². The molecule has 1 heterocycles. The molecule has 0 unspecified atom stereocenters. The Morgan fingerprint density at radius 3 is 2.65 bits per heavy atom. The average Bonchev–Trinajstić information content (AvgIpc) is 2.92. The lowest BCUT2D eigenvalue weighted by atomic mass is 10.0. The second kappa shape index (κ2) is 6.75. The number of halogens is 1. The standard InChI is InChI=1S/C17H15BrN2O5S/c1-19-26(23,24)11-3-4-14-12(8-11)13(17(22)20-14)6-9-5-10(18)7-15(25-2)16(9)21/h3-8,19,21H,1-2H3,(H,20,22). The van der Waals surface area contributed by atoms with Crippen LogP contribution in [0.15, 0.2) is 39.7 Å². The quantitative estimate of drug-likeness (QED) is 0.636. The number of nitrogens with one attached hydrogen (secondary N) is 2. The summed E-state index contributed by atoms with van der Waals surface area (Å²) in [5.41, 5.74) is 1.53. The Morgan fingerprint density at radius 1 is 1.27 bits per heavy atom. The van der Waals surface area contributed by atoms with Gasteiger partial charge in [0, 0.05) is 26.9 Å². The number of fused-ring (bicyclic) bond motifs is 1. The van der Waals surface area contributed by atoms with E-state index in [1.54, 1.807) is 12.1 Å². The van der Waals surface area contributed by atoms with Gasteiger partial charge in [0.2, 0.25) is 10.0 Å². The van der Waals surface area contributed by atoms with Crippen molar-refractivity contribution in [2.45, 2.75) is 4.90 Å². The van der Waals surface area contributed by atoms with Crippen LogP contribution in [-0.2, 0) is 14.8 Å². The summed E-state index contributed by atoms with van der Waals surface area (Å²) in [6.07, 6.45) is 1.49. The Labute approximate surface area is 158 Å². The monoisotopic (exact) mass is 438 g/mol. The number of methoxy groups -OCH3 is 1. The smallest absolute Gasteiger partial charge is 0.256 e. The highest BCUT2D eigenvalue weighted by Gasteiger charge is 2.27. The molecule has 26 heavy (non-hydrogen) atoms. The van der Waals surface area contributed by atoms with Crippen LogP contribution in [0.1, 0.15) is 11.1 Å². The third kappa shape index (κ3) is 3.20. The molecule has 136 valence electrons. The summed E-state index contributed by atoms with van der Waals surface area (Å²) in [5, 5.41) is 13.0. The van der Waals surface area contributed by atoms with E-state index in [0.29, 0.717) is 21.3 Å². The Balaban J connectivity index is 2.18. The van der Waals surface area contributed by atoms with Gasteiger partial charge < -0.3 is 15.2 Å². The Hall–Kier alpha value is -2.36. The highest BCUT2D eigenvalue weighted by atomic mass is 79.9. The van der Waals surface area contributed by atoms with Gasteiger partial charge in [0.1, 0.15) is 0 Å². The van der Waals surface area contributed by atoms with E-state index in [0.717, 1.165) is 0 Å². The van der Waals surface area contributed by atoms with Crippen LogP contribution < -0.4 is 14.8 Å². The Kier molecular flexibility index (Phi) is 4.78. The molecule has 1 aliphatic rings. The van der Waals surface area contributed by atoms with Crippen LogP contribution in [0.4, 0.5) is 5.69 Å². The fourth-order valence-electron chi connectivity index (χ4n) is 2.61. The SMILES string of the molecule is CNS(=O)(=O)c1ccc2c(c1)C(=Cc1cc(Br)cc(OC)c1O)C(=O)N2. The predicted octanol–water partition coefficient (Wildman–Crippen LogP) is 2.56. The van der Waals surface area contributed by atoms with Crippen molar-refractivity contribution >= 4 is 49.2 Å². The van der Waals surface area contributed by atoms with E-state index in [2.05, 4.69) is 26.0 Å². The van der Waals surface area contributed by atoms with Gasteiger partial charge in [0.05, 0.1) is 12.0 Å². The van der Waals surface area contributed by atoms with E-state index in [9.17, 15) is 18.3 Å². The number of ether oxygens (including phenoxy) is 1. The lowest BCUT2D eigenvalue weighted by Gasteiger charge is -2.08. The second-order valence-corrected chi connectivity index (χ2v) is 8.28. The third-order valence-electron chi connectivity index (χ3n) is 3.94. The number of benzene rings is 2. The Morgan fingerprint density at radius 2 is 2.00 bits per heavy atom. The van der Waals surface area contributed by atoms with Crippen LogP contribution in [-0.4, -0.2) is 33.6 Å². The van der Waals surface area contributed by atoms with Crippen LogP contribution in [0.2, 0.25) is 0 Å². The summed E-state index contributed by atoms with van der Waals surface area (Å²) < 4.78 is 32.1. The topological polar surface area (TPSA) is 105 Å². The Bertz CT molecular complexity index is 1050. The van der Waals surface area contributed by atoms with Crippen molar-refractivity contribution in [3.63, 3.8) is 0 Å². The molecule has 1 amide bonds. The molecule has 0 saturated carbocycles. The summed E-state index contributed by atoms with van der Waals surface area (Å²) >= 11 is 3.32. The van der Waals surface area contributed by atoms with E-state index in [1.165, 1.54) is 38.4 Å². The van der Waals surface area contributed by atoms with Crippen LogP contribution in [0, 0.1) is 0 Å². The summed E-state index contributed by atoms with van der Waals surface area (Å²) in [5.74, 6) is -0.267. The highest BCUT2D eigenvalue weighted by Crippen LogP contribution is 2.39. The third-order valence-corrected chi connectivity index (χ3v) is 5.81. The van der Waals surface area contributed by atoms with Crippen LogP contribution in [0.5, 0.6) is 11.5 Å². The van der Waals surface area contributed by atoms with Gasteiger partial charge >= 0.3 is 0 Å². The molecule has 3 rings (SSSR count). The van der Waals surface area contributed by atoms with Gasteiger partial charge in [0.15, 0.2) is 11.5 Å². The van der Waals surface area contributed by atoms with E-state index in [-0.39, 0.29) is 22.0 Å². The molecule has 0 bridgehead atoms. The minimum Gasteiger partial charge on any atom is -0.504 e. The second-order valence-electron chi connectivity index (χ2n) is 5.47. The molecule has 0 fully saturated rings. The fraction of sp³-hybridized carbons (Fsp3) is 0.118. The van der Waals surface area contributed by atoms with E-state index in [4.69, 9.17) is 4.74 Å². The maximum atomic E-state index is 12.3. The minimum atomic E-state index is -3.65. The van der Waals surface area contributed by atoms with E-state index in [1.807, 2.05) is 0 Å². The molecule has 0 atom stereocenters. The molecule has 0 aromatic heterocycles. The summed E-state index contributed by atoms with van der Waals surface area (Å²) in [6, 6.07) is 7.58. The summed E-state index contributed by atoms with van der Waals surface area (Å²) in [4.78, 5) is 12.4. The summed E-state index contributed by atoms with van der Waals surface area (Å²) in [6.45, 7) is 0.